The van der Waals surface area contributed by atoms with Gasteiger partial charge in [0.25, 0.3) is 0 Å². The molecule has 1 aliphatic rings. The van der Waals surface area contributed by atoms with Crippen LogP contribution in [0.25, 0.3) is 10.9 Å². The monoisotopic (exact) mass is 549 g/mol. The second-order valence-corrected chi connectivity index (χ2v) is 10.8. The molecule has 4 rings (SSSR count). The Morgan fingerprint density at radius 1 is 1.30 bits per heavy atom. The molecular weight excluding hydrogens is 520 g/mol. The molecule has 0 amide bonds. The Morgan fingerprint density at radius 2 is 2.14 bits per heavy atom. The highest BCUT2D eigenvalue weighted by atomic mass is 35.5. The number of halogens is 3. The normalized spacial score (nSPS) is 19.1. The lowest BCUT2D eigenvalue weighted by molar-refractivity contribution is -0.139. The number of alkyl halides is 1. The zero-order valence-electron chi connectivity index (χ0n) is 20.6. The third kappa shape index (κ3) is 7.30. The van der Waals surface area contributed by atoms with Crippen molar-refractivity contribution in [2.75, 3.05) is 32.5 Å². The second-order valence-electron chi connectivity index (χ2n) is 9.32. The number of piperidine rings is 1. The van der Waals surface area contributed by atoms with E-state index in [2.05, 4.69) is 14.9 Å². The van der Waals surface area contributed by atoms with Crippen LogP contribution in [0, 0.1) is 17.7 Å². The van der Waals surface area contributed by atoms with Crippen LogP contribution in [0.15, 0.2) is 47.8 Å². The molecule has 3 unspecified atom stereocenters. The highest BCUT2D eigenvalue weighted by Crippen LogP contribution is 2.39. The summed E-state index contributed by atoms with van der Waals surface area (Å²) < 4.78 is 34.3. The zero-order chi connectivity index (χ0) is 26.4. The number of fused-ring (bicyclic) bond motifs is 1. The lowest BCUT2D eigenvalue weighted by Crippen LogP contribution is -2.42. The van der Waals surface area contributed by atoms with E-state index in [1.165, 1.54) is 36.3 Å². The van der Waals surface area contributed by atoms with E-state index in [0.717, 1.165) is 25.3 Å². The molecule has 0 radical (unpaired) electrons. The summed E-state index contributed by atoms with van der Waals surface area (Å²) in [6.07, 6.45) is 3.28. The van der Waals surface area contributed by atoms with Gasteiger partial charge in [-0.3, -0.25) is 9.78 Å². The summed E-state index contributed by atoms with van der Waals surface area (Å²) in [5, 5.41) is 11.0. The Kier molecular flexibility index (Phi) is 9.56. The van der Waals surface area contributed by atoms with Crippen molar-refractivity contribution in [3.05, 3.63) is 59.1 Å². The number of benzene rings is 1. The van der Waals surface area contributed by atoms with Crippen LogP contribution in [-0.4, -0.2) is 58.4 Å². The summed E-state index contributed by atoms with van der Waals surface area (Å²) in [6.45, 7) is 2.20. The molecule has 3 aromatic rings. The number of carbonyl (C=O) groups is 1. The van der Waals surface area contributed by atoms with Gasteiger partial charge in [-0.25, -0.2) is 13.8 Å². The predicted molar refractivity (Wildman–Crippen MR) is 142 cm³/mol. The fourth-order valence-electron chi connectivity index (χ4n) is 5.06. The topological polar surface area (TPSA) is 75.5 Å². The quantitative estimate of drug-likeness (QED) is 0.276. The summed E-state index contributed by atoms with van der Waals surface area (Å²) in [6, 6.07) is 8.03. The minimum atomic E-state index is -1.30. The van der Waals surface area contributed by atoms with Crippen LogP contribution >= 0.6 is 23.4 Å². The van der Waals surface area contributed by atoms with E-state index >= 15 is 4.39 Å². The molecular formula is C27H30ClF2N3O3S. The molecule has 1 fully saturated rings. The van der Waals surface area contributed by atoms with Crippen molar-refractivity contribution in [3.63, 3.8) is 0 Å². The van der Waals surface area contributed by atoms with Crippen molar-refractivity contribution in [3.8, 4) is 5.75 Å². The van der Waals surface area contributed by atoms with Crippen molar-refractivity contribution in [1.82, 2.24) is 14.9 Å². The number of hydrogen-bond acceptors (Lipinski definition) is 6. The van der Waals surface area contributed by atoms with Gasteiger partial charge in [0.05, 0.1) is 22.7 Å². The summed E-state index contributed by atoms with van der Waals surface area (Å²) in [4.78, 5) is 22.3. The third-order valence-electron chi connectivity index (χ3n) is 6.94. The maximum Gasteiger partial charge on any atom is 0.303 e. The molecule has 0 spiro atoms. The van der Waals surface area contributed by atoms with Gasteiger partial charge in [0.2, 0.25) is 0 Å². The molecule has 1 aromatic carbocycles. The van der Waals surface area contributed by atoms with Gasteiger partial charge in [0.15, 0.2) is 0 Å². The van der Waals surface area contributed by atoms with Crippen molar-refractivity contribution in [1.29, 1.82) is 0 Å². The molecule has 0 aliphatic carbocycles. The maximum atomic E-state index is 15.6. The van der Waals surface area contributed by atoms with Crippen LogP contribution in [0.3, 0.4) is 0 Å². The Hall–Kier alpha value is -2.49. The summed E-state index contributed by atoms with van der Waals surface area (Å²) in [7, 11) is 1.55. The van der Waals surface area contributed by atoms with Crippen LogP contribution in [0.2, 0.25) is 5.02 Å². The van der Waals surface area contributed by atoms with E-state index in [4.69, 9.17) is 16.3 Å². The van der Waals surface area contributed by atoms with E-state index in [1.807, 2.05) is 0 Å². The molecule has 1 saturated heterocycles. The summed E-state index contributed by atoms with van der Waals surface area (Å²) in [5.41, 5.74) is 1.05. The van der Waals surface area contributed by atoms with E-state index < -0.39 is 12.1 Å². The maximum absolute atomic E-state index is 15.6. The van der Waals surface area contributed by atoms with Crippen molar-refractivity contribution in [2.45, 2.75) is 36.9 Å². The number of ether oxygens (including phenoxy) is 1. The van der Waals surface area contributed by atoms with Crippen molar-refractivity contribution >= 4 is 40.2 Å². The first-order valence-electron chi connectivity index (χ1n) is 12.3. The number of carboxylic acid groups (broad SMARTS) is 1. The summed E-state index contributed by atoms with van der Waals surface area (Å²) in [5.74, 6) is 0.202. The number of aromatic nitrogens is 2. The minimum Gasteiger partial charge on any atom is -0.497 e. The fraction of sp³-hybridized carbons (Fsp3) is 0.444. The van der Waals surface area contributed by atoms with Gasteiger partial charge in [-0.15, -0.1) is 11.8 Å². The van der Waals surface area contributed by atoms with Crippen molar-refractivity contribution in [2.24, 2.45) is 11.8 Å². The fourth-order valence-corrected chi connectivity index (χ4v) is 6.22. The molecule has 198 valence electrons. The highest BCUT2D eigenvalue weighted by molar-refractivity contribution is 7.99. The Bertz CT molecular complexity index is 1230. The average molecular weight is 550 g/mol. The first kappa shape index (κ1) is 27.5. The number of carboxylic acids is 1. The highest BCUT2D eigenvalue weighted by Gasteiger charge is 2.31. The van der Waals surface area contributed by atoms with Crippen LogP contribution in [0.4, 0.5) is 8.78 Å². The molecule has 0 saturated carbocycles. The van der Waals surface area contributed by atoms with E-state index in [0.29, 0.717) is 40.2 Å². The Balaban J connectivity index is 1.37. The van der Waals surface area contributed by atoms with E-state index in [1.54, 1.807) is 25.3 Å². The second kappa shape index (κ2) is 12.8. The summed E-state index contributed by atoms with van der Waals surface area (Å²) >= 11 is 7.85. The molecule has 1 N–H and O–H groups in total. The van der Waals surface area contributed by atoms with Crippen LogP contribution in [-0.2, 0) is 4.79 Å². The Labute approximate surface area is 224 Å². The number of hydrogen-bond donors (Lipinski definition) is 1. The molecule has 3 atom stereocenters. The number of pyridine rings is 2. The number of methoxy groups -OCH3 is 1. The predicted octanol–water partition coefficient (Wildman–Crippen LogP) is 6.43. The van der Waals surface area contributed by atoms with Gasteiger partial charge >= 0.3 is 5.97 Å². The van der Waals surface area contributed by atoms with Gasteiger partial charge in [-0.1, -0.05) is 11.6 Å². The lowest BCUT2D eigenvalue weighted by atomic mass is 9.79. The number of likely N-dealkylation sites (tertiary alicyclic amines) is 1. The minimum absolute atomic E-state index is 0.0485. The molecule has 3 heterocycles. The van der Waals surface area contributed by atoms with Crippen LogP contribution in [0.5, 0.6) is 5.75 Å². The van der Waals surface area contributed by atoms with Gasteiger partial charge in [-0.05, 0) is 61.9 Å². The van der Waals surface area contributed by atoms with E-state index in [9.17, 15) is 14.3 Å². The Morgan fingerprint density at radius 3 is 2.89 bits per heavy atom. The van der Waals surface area contributed by atoms with Gasteiger partial charge < -0.3 is 14.7 Å². The van der Waals surface area contributed by atoms with E-state index in [-0.39, 0.29) is 35.5 Å². The standard InChI is InChI=1S/C27H30ClF2N3O3S/c1-36-20-3-5-24-21(14-20)27(22(28)15-32-24)23(30)4-2-17-7-9-33(16-18(17)12-26(34)35)10-11-37-25-13-19(29)6-8-31-25/h3,5-6,8,13-15,17-18,23H,2,4,7,9-12,16H2,1H3,(H,34,35). The number of thioether (sulfide) groups is 1. The first-order valence-corrected chi connectivity index (χ1v) is 13.6. The molecule has 2 aromatic heterocycles. The largest absolute Gasteiger partial charge is 0.497 e. The zero-order valence-corrected chi connectivity index (χ0v) is 22.2. The smallest absolute Gasteiger partial charge is 0.303 e. The lowest BCUT2D eigenvalue weighted by Gasteiger charge is -2.38. The molecule has 10 heteroatoms. The third-order valence-corrected chi connectivity index (χ3v) is 8.15. The van der Waals surface area contributed by atoms with Gasteiger partial charge in [0, 0.05) is 54.7 Å². The molecule has 0 bridgehead atoms. The number of aliphatic carboxylic acids is 1. The van der Waals surface area contributed by atoms with Crippen molar-refractivity contribution < 1.29 is 23.4 Å². The first-order chi connectivity index (χ1) is 17.8. The van der Waals surface area contributed by atoms with Gasteiger partial charge in [0.1, 0.15) is 17.7 Å². The number of rotatable bonds is 11. The number of nitrogens with zero attached hydrogens (tertiary/aromatic N) is 3. The SMILES string of the molecule is COc1ccc2ncc(Cl)c(C(F)CCC3CCN(CCSc4cc(F)ccn4)CC3CC(=O)O)c2c1. The average Bonchev–Trinajstić information content (AvgIpc) is 2.87. The molecule has 37 heavy (non-hydrogen) atoms. The molecule has 6 nitrogen and oxygen atoms in total. The van der Waals surface area contributed by atoms with Crippen LogP contribution < -0.4 is 4.74 Å². The van der Waals surface area contributed by atoms with Gasteiger partial charge in [-0.2, -0.15) is 0 Å². The van der Waals surface area contributed by atoms with Crippen LogP contribution in [0.1, 0.15) is 37.4 Å². The molecule has 1 aliphatic heterocycles.